The minimum absolute atomic E-state index is 0.831. The summed E-state index contributed by atoms with van der Waals surface area (Å²) in [7, 11) is 0. The first-order valence-electron chi connectivity index (χ1n) is 7.03. The Morgan fingerprint density at radius 3 is 2.89 bits per heavy atom. The van der Waals surface area contributed by atoms with Crippen molar-refractivity contribution in [3.63, 3.8) is 0 Å². The zero-order chi connectivity index (χ0) is 12.8. The molecule has 0 atom stereocenters. The fourth-order valence-corrected chi connectivity index (χ4v) is 2.32. The highest BCUT2D eigenvalue weighted by molar-refractivity contribution is 5.82. The summed E-state index contributed by atoms with van der Waals surface area (Å²) in [5.74, 6) is 0.831. The maximum absolute atomic E-state index is 3.54. The van der Waals surface area contributed by atoms with E-state index in [4.69, 9.17) is 0 Å². The van der Waals surface area contributed by atoms with Crippen LogP contribution in [-0.4, -0.2) is 11.5 Å². The maximum Gasteiger partial charge on any atom is 0.0499 e. The summed E-state index contributed by atoms with van der Waals surface area (Å²) < 4.78 is 0. The quantitative estimate of drug-likeness (QED) is 0.706. The van der Waals surface area contributed by atoms with Gasteiger partial charge in [-0.25, -0.2) is 0 Å². The summed E-state index contributed by atoms with van der Waals surface area (Å²) in [6.45, 7) is 6.65. The molecule has 0 spiro atoms. The second-order valence-corrected chi connectivity index (χ2v) is 5.43. The zero-order valence-corrected chi connectivity index (χ0v) is 11.5. The Kier molecular flexibility index (Phi) is 4.82. The second-order valence-electron chi connectivity index (χ2n) is 5.43. The van der Waals surface area contributed by atoms with Gasteiger partial charge in [0, 0.05) is 18.3 Å². The van der Waals surface area contributed by atoms with Gasteiger partial charge in [0.1, 0.15) is 0 Å². The Labute approximate surface area is 110 Å². The van der Waals surface area contributed by atoms with Gasteiger partial charge in [0.15, 0.2) is 0 Å². The number of hydrogen-bond acceptors (Lipinski definition) is 1. The average Bonchev–Trinajstić information content (AvgIpc) is 2.82. The summed E-state index contributed by atoms with van der Waals surface area (Å²) >= 11 is 0. The Hall–Kier alpha value is -1.28. The molecule has 1 heterocycles. The third-order valence-corrected chi connectivity index (χ3v) is 3.37. The van der Waals surface area contributed by atoms with E-state index in [2.05, 4.69) is 48.4 Å². The lowest BCUT2D eigenvalue weighted by atomic mass is 10.1. The van der Waals surface area contributed by atoms with Gasteiger partial charge in [-0.1, -0.05) is 44.9 Å². The molecule has 1 aromatic heterocycles. The molecule has 18 heavy (non-hydrogen) atoms. The number of nitrogens with one attached hydrogen (secondary N) is 2. The van der Waals surface area contributed by atoms with E-state index in [1.807, 2.05) is 6.20 Å². The predicted octanol–water partition coefficient (Wildman–Crippen LogP) is 4.08. The van der Waals surface area contributed by atoms with E-state index in [-0.39, 0.29) is 0 Å². The van der Waals surface area contributed by atoms with E-state index < -0.39 is 0 Å². The Balaban J connectivity index is 1.75. The van der Waals surface area contributed by atoms with Crippen LogP contribution in [0.15, 0.2) is 30.5 Å². The number of aromatic nitrogens is 1. The summed E-state index contributed by atoms with van der Waals surface area (Å²) in [6.07, 6.45) is 5.96. The molecule has 0 saturated carbocycles. The molecule has 2 N–H and O–H groups in total. The lowest BCUT2D eigenvalue weighted by Crippen LogP contribution is -2.15. The first kappa shape index (κ1) is 13.2. The molecule has 0 aliphatic heterocycles. The van der Waals surface area contributed by atoms with Crippen LogP contribution in [0.25, 0.3) is 10.9 Å². The van der Waals surface area contributed by atoms with Crippen LogP contribution in [0, 0.1) is 5.92 Å². The Morgan fingerprint density at radius 1 is 1.17 bits per heavy atom. The molecule has 2 nitrogen and oxygen atoms in total. The SMILES string of the molecule is CC(C)CCCCNCc1cccc2cc[nH]c12. The van der Waals surface area contributed by atoms with Gasteiger partial charge in [-0.2, -0.15) is 0 Å². The molecule has 2 aromatic rings. The maximum atomic E-state index is 3.54. The van der Waals surface area contributed by atoms with Crippen molar-refractivity contribution in [2.75, 3.05) is 6.54 Å². The molecule has 98 valence electrons. The van der Waals surface area contributed by atoms with Crippen LogP contribution in [0.1, 0.15) is 38.7 Å². The van der Waals surface area contributed by atoms with Gasteiger partial charge in [-0.15, -0.1) is 0 Å². The third-order valence-electron chi connectivity index (χ3n) is 3.37. The highest BCUT2D eigenvalue weighted by Crippen LogP contribution is 2.16. The molecule has 0 radical (unpaired) electrons. The Bertz CT molecular complexity index is 471. The fraction of sp³-hybridized carbons (Fsp3) is 0.500. The second kappa shape index (κ2) is 6.60. The zero-order valence-electron chi connectivity index (χ0n) is 11.5. The number of fused-ring (bicyclic) bond motifs is 1. The molecule has 2 heteroatoms. The van der Waals surface area contributed by atoms with Gasteiger partial charge in [-0.05, 0) is 35.9 Å². The number of benzene rings is 1. The van der Waals surface area contributed by atoms with Gasteiger partial charge in [-0.3, -0.25) is 0 Å². The first-order chi connectivity index (χ1) is 8.77. The number of H-pyrrole nitrogens is 1. The van der Waals surface area contributed by atoms with Gasteiger partial charge in [0.2, 0.25) is 0 Å². The lowest BCUT2D eigenvalue weighted by Gasteiger charge is -2.07. The van der Waals surface area contributed by atoms with Gasteiger partial charge < -0.3 is 10.3 Å². The molecule has 1 aromatic carbocycles. The molecular weight excluding hydrogens is 220 g/mol. The van der Waals surface area contributed by atoms with Crippen LogP contribution in [0.3, 0.4) is 0 Å². The largest absolute Gasteiger partial charge is 0.361 e. The van der Waals surface area contributed by atoms with Gasteiger partial charge in [0.25, 0.3) is 0 Å². The molecule has 0 fully saturated rings. The highest BCUT2D eigenvalue weighted by Gasteiger charge is 2.00. The molecule has 0 saturated heterocycles. The van der Waals surface area contributed by atoms with Crippen molar-refractivity contribution in [1.82, 2.24) is 10.3 Å². The van der Waals surface area contributed by atoms with Crippen LogP contribution in [0.4, 0.5) is 0 Å². The van der Waals surface area contributed by atoms with Gasteiger partial charge in [0.05, 0.1) is 0 Å². The minimum Gasteiger partial charge on any atom is -0.361 e. The number of aromatic amines is 1. The van der Waals surface area contributed by atoms with Crippen molar-refractivity contribution >= 4 is 10.9 Å². The molecule has 0 bridgehead atoms. The monoisotopic (exact) mass is 244 g/mol. The van der Waals surface area contributed by atoms with Crippen molar-refractivity contribution in [2.24, 2.45) is 5.92 Å². The van der Waals surface area contributed by atoms with Crippen molar-refractivity contribution in [3.8, 4) is 0 Å². The summed E-state index contributed by atoms with van der Waals surface area (Å²) in [5, 5.41) is 4.84. The molecular formula is C16H24N2. The van der Waals surface area contributed by atoms with Crippen molar-refractivity contribution in [3.05, 3.63) is 36.0 Å². The highest BCUT2D eigenvalue weighted by atomic mass is 14.8. The van der Waals surface area contributed by atoms with Crippen LogP contribution in [0.5, 0.6) is 0 Å². The summed E-state index contributed by atoms with van der Waals surface area (Å²) in [4.78, 5) is 3.32. The molecule has 0 amide bonds. The normalized spacial score (nSPS) is 11.5. The van der Waals surface area contributed by atoms with Gasteiger partial charge >= 0.3 is 0 Å². The van der Waals surface area contributed by atoms with E-state index in [0.717, 1.165) is 19.0 Å². The van der Waals surface area contributed by atoms with Crippen LogP contribution < -0.4 is 5.32 Å². The fourth-order valence-electron chi connectivity index (χ4n) is 2.32. The minimum atomic E-state index is 0.831. The summed E-state index contributed by atoms with van der Waals surface area (Å²) in [5.41, 5.74) is 2.63. The first-order valence-corrected chi connectivity index (χ1v) is 7.03. The number of unbranched alkanes of at least 4 members (excludes halogenated alkanes) is 1. The van der Waals surface area contributed by atoms with Crippen LogP contribution in [0.2, 0.25) is 0 Å². The average molecular weight is 244 g/mol. The summed E-state index contributed by atoms with van der Waals surface area (Å²) in [6, 6.07) is 8.60. The van der Waals surface area contributed by atoms with E-state index in [1.54, 1.807) is 0 Å². The Morgan fingerprint density at radius 2 is 2.06 bits per heavy atom. The molecule has 0 unspecified atom stereocenters. The smallest absolute Gasteiger partial charge is 0.0499 e. The van der Waals surface area contributed by atoms with Crippen LogP contribution in [-0.2, 0) is 6.54 Å². The third kappa shape index (κ3) is 3.61. The molecule has 0 aliphatic rings. The van der Waals surface area contributed by atoms with E-state index in [0.29, 0.717) is 0 Å². The molecule has 0 aliphatic carbocycles. The van der Waals surface area contributed by atoms with Crippen molar-refractivity contribution in [1.29, 1.82) is 0 Å². The van der Waals surface area contributed by atoms with E-state index in [1.165, 1.54) is 35.7 Å². The lowest BCUT2D eigenvalue weighted by molar-refractivity contribution is 0.521. The standard InChI is InChI=1S/C16H24N2/c1-13(2)6-3-4-10-17-12-15-8-5-7-14-9-11-18-16(14)15/h5,7-9,11,13,17-18H,3-4,6,10,12H2,1-2H3. The molecule has 2 rings (SSSR count). The predicted molar refractivity (Wildman–Crippen MR) is 78.7 cm³/mol. The topological polar surface area (TPSA) is 27.8 Å². The number of para-hydroxylation sites is 1. The van der Waals surface area contributed by atoms with Crippen molar-refractivity contribution in [2.45, 2.75) is 39.7 Å². The van der Waals surface area contributed by atoms with E-state index in [9.17, 15) is 0 Å². The van der Waals surface area contributed by atoms with E-state index >= 15 is 0 Å². The van der Waals surface area contributed by atoms with Crippen molar-refractivity contribution < 1.29 is 0 Å². The number of rotatable bonds is 7. The number of hydrogen-bond donors (Lipinski definition) is 2. The van der Waals surface area contributed by atoms with Crippen LogP contribution >= 0.6 is 0 Å².